The molecule has 0 aliphatic carbocycles. The molecule has 1 heterocycles. The molecule has 0 atom stereocenters. The van der Waals surface area contributed by atoms with Crippen LogP contribution in [0.3, 0.4) is 0 Å². The van der Waals surface area contributed by atoms with Gasteiger partial charge in [0, 0.05) is 23.9 Å². The van der Waals surface area contributed by atoms with E-state index in [1.54, 1.807) is 36.0 Å². The number of hydrogen-bond donors (Lipinski definition) is 0. The minimum atomic E-state index is -2.92. The fraction of sp³-hybridized carbons (Fsp3) is 0.357. The van der Waals surface area contributed by atoms with Crippen molar-refractivity contribution in [3.05, 3.63) is 42.5 Å². The van der Waals surface area contributed by atoms with E-state index in [1.165, 1.54) is 23.9 Å². The lowest BCUT2D eigenvalue weighted by Gasteiger charge is -2.07. The minimum absolute atomic E-state index is 0.176. The molecule has 21 heavy (non-hydrogen) atoms. The number of rotatable bonds is 7. The van der Waals surface area contributed by atoms with Crippen molar-refractivity contribution in [1.29, 1.82) is 0 Å². The normalized spacial score (nSPS) is 11.7. The van der Waals surface area contributed by atoms with Gasteiger partial charge in [0.05, 0.1) is 11.4 Å². The summed E-state index contributed by atoms with van der Waals surface area (Å²) in [6.45, 7) is 1.65. The summed E-state index contributed by atoms with van der Waals surface area (Å²) in [7, 11) is -2.92. The zero-order valence-electron chi connectivity index (χ0n) is 11.7. The third-order valence-electron chi connectivity index (χ3n) is 2.96. The summed E-state index contributed by atoms with van der Waals surface area (Å²) in [6.07, 6.45) is 3.99. The van der Waals surface area contributed by atoms with Crippen LogP contribution in [0.5, 0.6) is 0 Å². The molecule has 0 N–H and O–H groups in total. The Balaban J connectivity index is 1.98. The van der Waals surface area contributed by atoms with Crippen LogP contribution in [-0.4, -0.2) is 35.2 Å². The quantitative estimate of drug-likeness (QED) is 0.579. The molecule has 1 aromatic carbocycles. The van der Waals surface area contributed by atoms with Crippen molar-refractivity contribution < 1.29 is 12.8 Å². The Morgan fingerprint density at radius 1 is 1.38 bits per heavy atom. The second-order valence-corrected chi connectivity index (χ2v) is 8.03. The van der Waals surface area contributed by atoms with Crippen LogP contribution in [0.4, 0.5) is 4.39 Å². The van der Waals surface area contributed by atoms with E-state index in [2.05, 4.69) is 4.98 Å². The highest BCUT2D eigenvalue weighted by atomic mass is 32.2. The lowest BCUT2D eigenvalue weighted by Crippen LogP contribution is -2.09. The third-order valence-corrected chi connectivity index (χ3v) is 5.81. The molecule has 0 amide bonds. The Kier molecular flexibility index (Phi) is 5.41. The summed E-state index contributed by atoms with van der Waals surface area (Å²) in [5.74, 6) is 0.726. The molecule has 114 valence electrons. The monoisotopic (exact) mass is 328 g/mol. The minimum Gasteiger partial charge on any atom is -0.295 e. The van der Waals surface area contributed by atoms with Crippen LogP contribution >= 0.6 is 11.8 Å². The van der Waals surface area contributed by atoms with Crippen molar-refractivity contribution in [1.82, 2.24) is 9.55 Å². The van der Waals surface area contributed by atoms with Crippen molar-refractivity contribution >= 4 is 21.6 Å². The average Bonchev–Trinajstić information content (AvgIpc) is 2.92. The smallest absolute Gasteiger partial charge is 0.172 e. The van der Waals surface area contributed by atoms with Crippen LogP contribution in [0.25, 0.3) is 5.69 Å². The summed E-state index contributed by atoms with van der Waals surface area (Å²) in [6, 6.07) is 6.28. The van der Waals surface area contributed by atoms with Gasteiger partial charge in [-0.1, -0.05) is 24.8 Å². The number of thioether (sulfide) groups is 1. The molecule has 0 aliphatic heterocycles. The highest BCUT2D eigenvalue weighted by molar-refractivity contribution is 7.99. The molecule has 2 aromatic rings. The standard InChI is InChI=1S/C14H17FN2O2S2/c1-2-21(18,19)10-4-9-20-14-16-7-8-17(14)13-6-3-5-12(15)11-13/h3,5-8,11H,2,4,9-10H2,1H3. The van der Waals surface area contributed by atoms with Gasteiger partial charge in [-0.25, -0.2) is 17.8 Å². The molecule has 1 aromatic heterocycles. The summed E-state index contributed by atoms with van der Waals surface area (Å²) in [4.78, 5) is 4.23. The maximum atomic E-state index is 13.3. The molecule has 0 saturated heterocycles. The van der Waals surface area contributed by atoms with Crippen LogP contribution in [0.2, 0.25) is 0 Å². The van der Waals surface area contributed by atoms with E-state index in [4.69, 9.17) is 0 Å². The van der Waals surface area contributed by atoms with Gasteiger partial charge in [0.25, 0.3) is 0 Å². The number of imidazole rings is 1. The lowest BCUT2D eigenvalue weighted by atomic mass is 10.3. The Labute approximate surface area is 128 Å². The molecule has 0 fully saturated rings. The predicted octanol–water partition coefficient (Wildman–Crippen LogP) is 2.93. The fourth-order valence-electron chi connectivity index (χ4n) is 1.81. The van der Waals surface area contributed by atoms with E-state index >= 15 is 0 Å². The molecule has 2 rings (SSSR count). The fourth-order valence-corrected chi connectivity index (χ4v) is 3.77. The van der Waals surface area contributed by atoms with Crippen LogP contribution in [0.1, 0.15) is 13.3 Å². The van der Waals surface area contributed by atoms with E-state index in [1.807, 2.05) is 0 Å². The van der Waals surface area contributed by atoms with Gasteiger partial charge in [0.1, 0.15) is 15.7 Å². The molecular weight excluding hydrogens is 311 g/mol. The van der Waals surface area contributed by atoms with Gasteiger partial charge >= 0.3 is 0 Å². The topological polar surface area (TPSA) is 52.0 Å². The van der Waals surface area contributed by atoms with E-state index in [0.717, 1.165) is 5.16 Å². The molecule has 7 heteroatoms. The lowest BCUT2D eigenvalue weighted by molar-refractivity contribution is 0.596. The van der Waals surface area contributed by atoms with Gasteiger partial charge in [-0.15, -0.1) is 0 Å². The zero-order valence-corrected chi connectivity index (χ0v) is 13.3. The molecule has 0 bridgehead atoms. The first kappa shape index (κ1) is 16.0. The Bertz CT molecular complexity index is 699. The summed E-state index contributed by atoms with van der Waals surface area (Å²) in [5, 5.41) is 0.731. The third kappa shape index (κ3) is 4.57. The first-order valence-corrected chi connectivity index (χ1v) is 9.45. The van der Waals surface area contributed by atoms with Crippen LogP contribution in [-0.2, 0) is 9.84 Å². The number of sulfone groups is 1. The summed E-state index contributed by atoms with van der Waals surface area (Å²) < 4.78 is 37.9. The van der Waals surface area contributed by atoms with E-state index in [-0.39, 0.29) is 17.3 Å². The van der Waals surface area contributed by atoms with Crippen LogP contribution in [0.15, 0.2) is 41.8 Å². The Morgan fingerprint density at radius 3 is 2.90 bits per heavy atom. The van der Waals surface area contributed by atoms with Gasteiger partial charge in [0.15, 0.2) is 5.16 Å². The van der Waals surface area contributed by atoms with Crippen LogP contribution < -0.4 is 0 Å². The molecule has 0 unspecified atom stereocenters. The molecular formula is C14H17FN2O2S2. The van der Waals surface area contributed by atoms with E-state index in [9.17, 15) is 12.8 Å². The maximum absolute atomic E-state index is 13.3. The number of aromatic nitrogens is 2. The Morgan fingerprint density at radius 2 is 2.19 bits per heavy atom. The van der Waals surface area contributed by atoms with Crippen molar-refractivity contribution in [2.24, 2.45) is 0 Å². The SMILES string of the molecule is CCS(=O)(=O)CCCSc1nccn1-c1cccc(F)c1. The molecule has 0 radical (unpaired) electrons. The number of nitrogens with zero attached hydrogens (tertiary/aromatic N) is 2. The van der Waals surface area contributed by atoms with Gasteiger partial charge in [0.2, 0.25) is 0 Å². The van der Waals surface area contributed by atoms with Crippen LogP contribution in [0, 0.1) is 5.82 Å². The zero-order chi connectivity index (χ0) is 15.3. The largest absolute Gasteiger partial charge is 0.295 e. The highest BCUT2D eigenvalue weighted by Crippen LogP contribution is 2.21. The van der Waals surface area contributed by atoms with E-state index < -0.39 is 9.84 Å². The maximum Gasteiger partial charge on any atom is 0.172 e. The molecule has 0 spiro atoms. The number of halogens is 1. The molecule has 4 nitrogen and oxygen atoms in total. The van der Waals surface area contributed by atoms with Gasteiger partial charge in [-0.05, 0) is 24.6 Å². The predicted molar refractivity (Wildman–Crippen MR) is 83.2 cm³/mol. The molecule has 0 aliphatic rings. The summed E-state index contributed by atoms with van der Waals surface area (Å²) in [5.41, 5.74) is 0.705. The highest BCUT2D eigenvalue weighted by Gasteiger charge is 2.09. The Hall–Kier alpha value is -1.34. The first-order valence-electron chi connectivity index (χ1n) is 6.64. The molecule has 0 saturated carbocycles. The van der Waals surface area contributed by atoms with Gasteiger partial charge in [-0.3, -0.25) is 4.57 Å². The van der Waals surface area contributed by atoms with Crippen molar-refractivity contribution in [2.75, 3.05) is 17.3 Å². The van der Waals surface area contributed by atoms with Crippen molar-refractivity contribution in [2.45, 2.75) is 18.5 Å². The van der Waals surface area contributed by atoms with Gasteiger partial charge < -0.3 is 0 Å². The van der Waals surface area contributed by atoms with E-state index in [0.29, 0.717) is 17.9 Å². The van der Waals surface area contributed by atoms with Crippen molar-refractivity contribution in [3.63, 3.8) is 0 Å². The number of hydrogen-bond acceptors (Lipinski definition) is 4. The summed E-state index contributed by atoms with van der Waals surface area (Å²) >= 11 is 1.47. The second kappa shape index (κ2) is 7.09. The first-order chi connectivity index (χ1) is 10.0. The average molecular weight is 328 g/mol. The number of benzene rings is 1. The second-order valence-electron chi connectivity index (χ2n) is 4.50. The van der Waals surface area contributed by atoms with Crippen molar-refractivity contribution in [3.8, 4) is 5.69 Å². The van der Waals surface area contributed by atoms with Gasteiger partial charge in [-0.2, -0.15) is 0 Å².